The maximum Gasteiger partial charge on any atom is 0.228 e. The number of sulfone groups is 1. The van der Waals surface area contributed by atoms with Gasteiger partial charge < -0.3 is 14.2 Å². The van der Waals surface area contributed by atoms with Gasteiger partial charge in [0.25, 0.3) is 0 Å². The standard InChI is InChI=1S/C27H39N3O4S/c1-20(2)16-30-24(15-28-27(30)35(32,33)19-22-9-6-8-21(3)14-22)17-29(18-25-12-7-13-34-25)26(31)23-10-4-5-11-23/h6,8-9,14-15,20,23,25H,4-5,7,10-13,16-19H2,1-3H3/t25-/m0/s1. The molecule has 1 aliphatic heterocycles. The Balaban J connectivity index is 1.62. The van der Waals surface area contributed by atoms with Gasteiger partial charge in [-0.15, -0.1) is 0 Å². The molecule has 0 spiro atoms. The fourth-order valence-electron chi connectivity index (χ4n) is 5.31. The first-order valence-electron chi connectivity index (χ1n) is 13.0. The number of amides is 1. The second-order valence-electron chi connectivity index (χ2n) is 10.6. The second kappa shape index (κ2) is 11.2. The average Bonchev–Trinajstić information content (AvgIpc) is 3.55. The van der Waals surface area contributed by atoms with Gasteiger partial charge in [0.15, 0.2) is 0 Å². The summed E-state index contributed by atoms with van der Waals surface area (Å²) in [6.07, 6.45) is 7.72. The topological polar surface area (TPSA) is 81.5 Å². The summed E-state index contributed by atoms with van der Waals surface area (Å²) in [7, 11) is -3.66. The van der Waals surface area contributed by atoms with Crippen molar-refractivity contribution >= 4 is 15.7 Å². The van der Waals surface area contributed by atoms with Crippen LogP contribution in [0.4, 0.5) is 0 Å². The molecular weight excluding hydrogens is 462 g/mol. The predicted octanol–water partition coefficient (Wildman–Crippen LogP) is 4.52. The molecule has 0 N–H and O–H groups in total. The van der Waals surface area contributed by atoms with Crippen LogP contribution in [0.3, 0.4) is 0 Å². The molecule has 0 bridgehead atoms. The maximum atomic E-state index is 13.5. The van der Waals surface area contributed by atoms with Gasteiger partial charge in [0.2, 0.25) is 20.9 Å². The van der Waals surface area contributed by atoms with Crippen LogP contribution >= 0.6 is 0 Å². The monoisotopic (exact) mass is 501 g/mol. The summed E-state index contributed by atoms with van der Waals surface area (Å²) in [5.41, 5.74) is 2.55. The summed E-state index contributed by atoms with van der Waals surface area (Å²) in [5.74, 6) is 0.360. The van der Waals surface area contributed by atoms with Crippen LogP contribution in [-0.4, -0.2) is 48.0 Å². The first-order chi connectivity index (χ1) is 16.7. The summed E-state index contributed by atoms with van der Waals surface area (Å²) in [6, 6.07) is 7.57. The van der Waals surface area contributed by atoms with E-state index in [4.69, 9.17) is 4.74 Å². The Hall–Kier alpha value is -2.19. The number of aromatic nitrogens is 2. The third kappa shape index (κ3) is 6.53. The molecule has 1 saturated carbocycles. The maximum absolute atomic E-state index is 13.5. The van der Waals surface area contributed by atoms with E-state index in [-0.39, 0.29) is 34.8 Å². The molecule has 0 unspecified atom stereocenters. The quantitative estimate of drug-likeness (QED) is 0.478. The number of benzene rings is 1. The highest BCUT2D eigenvalue weighted by Gasteiger charge is 2.32. The summed E-state index contributed by atoms with van der Waals surface area (Å²) in [6.45, 7) is 8.26. The molecule has 0 radical (unpaired) electrons. The lowest BCUT2D eigenvalue weighted by atomic mass is 10.1. The molecule has 7 nitrogen and oxygen atoms in total. The highest BCUT2D eigenvalue weighted by Crippen LogP contribution is 2.29. The van der Waals surface area contributed by atoms with Gasteiger partial charge in [0.05, 0.1) is 30.3 Å². The minimum Gasteiger partial charge on any atom is -0.376 e. The van der Waals surface area contributed by atoms with Crippen LogP contribution in [0.5, 0.6) is 0 Å². The predicted molar refractivity (Wildman–Crippen MR) is 135 cm³/mol. The number of ether oxygens (including phenoxy) is 1. The van der Waals surface area contributed by atoms with Crippen molar-refractivity contribution in [3.8, 4) is 0 Å². The molecule has 1 saturated heterocycles. The lowest BCUT2D eigenvalue weighted by Gasteiger charge is -2.28. The zero-order valence-corrected chi connectivity index (χ0v) is 22.1. The van der Waals surface area contributed by atoms with E-state index < -0.39 is 9.84 Å². The molecule has 1 amide bonds. The van der Waals surface area contributed by atoms with Crippen LogP contribution < -0.4 is 0 Å². The van der Waals surface area contributed by atoms with Gasteiger partial charge in [-0.2, -0.15) is 0 Å². The SMILES string of the molecule is Cc1cccc(CS(=O)(=O)c2ncc(CN(C[C@@H]3CCCO3)C(=O)C3CCCC3)n2CC(C)C)c1. The summed E-state index contributed by atoms with van der Waals surface area (Å²) < 4.78 is 34.6. The van der Waals surface area contributed by atoms with Gasteiger partial charge in [-0.1, -0.05) is 56.5 Å². The van der Waals surface area contributed by atoms with Gasteiger partial charge >= 0.3 is 0 Å². The highest BCUT2D eigenvalue weighted by molar-refractivity contribution is 7.90. The number of aryl methyl sites for hydroxylation is 1. The number of imidazole rings is 1. The van der Waals surface area contributed by atoms with Gasteiger partial charge in [-0.05, 0) is 44.1 Å². The second-order valence-corrected chi connectivity index (χ2v) is 12.5. The van der Waals surface area contributed by atoms with E-state index in [1.807, 2.05) is 40.7 Å². The molecule has 1 atom stereocenters. The normalized spacial score (nSPS) is 19.0. The van der Waals surface area contributed by atoms with Crippen molar-refractivity contribution in [3.05, 3.63) is 47.3 Å². The minimum atomic E-state index is -3.66. The van der Waals surface area contributed by atoms with E-state index in [1.54, 1.807) is 6.20 Å². The fraction of sp³-hybridized carbons (Fsp3) is 0.630. The highest BCUT2D eigenvalue weighted by atomic mass is 32.2. The van der Waals surface area contributed by atoms with Gasteiger partial charge in [-0.25, -0.2) is 13.4 Å². The van der Waals surface area contributed by atoms with Crippen LogP contribution in [0.15, 0.2) is 35.6 Å². The molecule has 1 aromatic carbocycles. The van der Waals surface area contributed by atoms with Gasteiger partial charge in [0, 0.05) is 25.6 Å². The Morgan fingerprint density at radius 1 is 1.20 bits per heavy atom. The summed E-state index contributed by atoms with van der Waals surface area (Å²) >= 11 is 0. The Kier molecular flexibility index (Phi) is 8.32. The molecule has 1 aromatic heterocycles. The average molecular weight is 502 g/mol. The molecule has 1 aliphatic carbocycles. The van der Waals surface area contributed by atoms with Crippen LogP contribution in [0.25, 0.3) is 0 Å². The zero-order chi connectivity index (χ0) is 25.0. The van der Waals surface area contributed by atoms with Crippen LogP contribution in [-0.2, 0) is 38.2 Å². The van der Waals surface area contributed by atoms with Crippen LogP contribution in [0.1, 0.15) is 69.2 Å². The first-order valence-corrected chi connectivity index (χ1v) is 14.6. The van der Waals surface area contributed by atoms with Crippen molar-refractivity contribution < 1.29 is 17.9 Å². The van der Waals surface area contributed by atoms with Crippen molar-refractivity contribution in [2.45, 2.75) is 89.4 Å². The Morgan fingerprint density at radius 3 is 2.63 bits per heavy atom. The fourth-order valence-corrected chi connectivity index (χ4v) is 6.79. The third-order valence-corrected chi connectivity index (χ3v) is 8.58. The van der Waals surface area contributed by atoms with Crippen molar-refractivity contribution in [2.24, 2.45) is 11.8 Å². The number of hydrogen-bond acceptors (Lipinski definition) is 5. The lowest BCUT2D eigenvalue weighted by Crippen LogP contribution is -2.40. The number of rotatable bonds is 10. The van der Waals surface area contributed by atoms with E-state index in [0.29, 0.717) is 19.6 Å². The van der Waals surface area contributed by atoms with Gasteiger partial charge in [-0.3, -0.25) is 4.79 Å². The van der Waals surface area contributed by atoms with Crippen molar-refractivity contribution in [2.75, 3.05) is 13.2 Å². The molecule has 2 heterocycles. The summed E-state index contributed by atoms with van der Waals surface area (Å²) in [5, 5.41) is 0.0908. The Morgan fingerprint density at radius 2 is 1.97 bits per heavy atom. The minimum absolute atomic E-state index is 0.0475. The van der Waals surface area contributed by atoms with Crippen molar-refractivity contribution in [1.82, 2.24) is 14.5 Å². The number of carbonyl (C=O) groups excluding carboxylic acids is 1. The van der Waals surface area contributed by atoms with Crippen LogP contribution in [0.2, 0.25) is 0 Å². The lowest BCUT2D eigenvalue weighted by molar-refractivity contribution is -0.137. The Labute approximate surface area is 209 Å². The summed E-state index contributed by atoms with van der Waals surface area (Å²) in [4.78, 5) is 19.8. The molecular formula is C27H39N3O4S. The molecule has 2 aliphatic rings. The molecule has 192 valence electrons. The van der Waals surface area contributed by atoms with E-state index in [1.165, 1.54) is 0 Å². The number of carbonyl (C=O) groups is 1. The molecule has 2 fully saturated rings. The van der Waals surface area contributed by atoms with Gasteiger partial charge in [0.1, 0.15) is 0 Å². The molecule has 35 heavy (non-hydrogen) atoms. The third-order valence-electron chi connectivity index (χ3n) is 6.98. The smallest absolute Gasteiger partial charge is 0.228 e. The number of nitrogens with zero attached hydrogens (tertiary/aromatic N) is 3. The van der Waals surface area contributed by atoms with Crippen molar-refractivity contribution in [1.29, 1.82) is 0 Å². The van der Waals surface area contributed by atoms with Crippen LogP contribution in [0, 0.1) is 18.8 Å². The molecule has 4 rings (SSSR count). The van der Waals surface area contributed by atoms with E-state index in [9.17, 15) is 13.2 Å². The van der Waals surface area contributed by atoms with E-state index in [2.05, 4.69) is 18.8 Å². The largest absolute Gasteiger partial charge is 0.376 e. The van der Waals surface area contributed by atoms with Crippen molar-refractivity contribution in [3.63, 3.8) is 0 Å². The van der Waals surface area contributed by atoms with E-state index in [0.717, 1.165) is 62.0 Å². The molecule has 8 heteroatoms. The zero-order valence-electron chi connectivity index (χ0n) is 21.3. The Bertz CT molecular complexity index is 1110. The molecule has 2 aromatic rings. The first kappa shape index (κ1) is 25.9. The number of hydrogen-bond donors (Lipinski definition) is 0. The van der Waals surface area contributed by atoms with E-state index >= 15 is 0 Å².